The van der Waals surface area contributed by atoms with Crippen LogP contribution in [0.1, 0.15) is 78.1 Å². The predicted molar refractivity (Wildman–Crippen MR) is 84.2 cm³/mol. The number of carbonyl (C=O) groups is 2. The topological polar surface area (TPSA) is 57.6 Å². The molecule has 4 heteroatoms. The minimum absolute atomic E-state index is 0.209. The van der Waals surface area contributed by atoms with Crippen molar-refractivity contribution in [1.82, 2.24) is 4.90 Å². The first kappa shape index (κ1) is 18.0. The van der Waals surface area contributed by atoms with Crippen molar-refractivity contribution in [2.45, 2.75) is 78.1 Å². The van der Waals surface area contributed by atoms with E-state index in [0.29, 0.717) is 38.8 Å². The minimum Gasteiger partial charge on any atom is -0.481 e. The number of likely N-dealkylation sites (tertiary alicyclic amines) is 1. The Labute approximate surface area is 128 Å². The van der Waals surface area contributed by atoms with Crippen LogP contribution in [0, 0.1) is 5.41 Å². The normalized spacial score (nSPS) is 17.7. The fourth-order valence-electron chi connectivity index (χ4n) is 3.12. The van der Waals surface area contributed by atoms with Crippen LogP contribution in [0.4, 0.5) is 0 Å². The molecule has 1 N–H and O–H groups in total. The number of carbonyl (C=O) groups excluding carboxylic acids is 1. The van der Waals surface area contributed by atoms with Crippen LogP contribution in [0.25, 0.3) is 0 Å². The molecule has 1 heterocycles. The van der Waals surface area contributed by atoms with E-state index in [2.05, 4.69) is 6.92 Å². The molecule has 122 valence electrons. The summed E-state index contributed by atoms with van der Waals surface area (Å²) in [4.78, 5) is 25.4. The number of hydrogen-bond donors (Lipinski definition) is 1. The van der Waals surface area contributed by atoms with E-state index in [-0.39, 0.29) is 5.91 Å². The zero-order valence-corrected chi connectivity index (χ0v) is 13.7. The molecule has 1 aliphatic heterocycles. The fourth-order valence-corrected chi connectivity index (χ4v) is 3.12. The van der Waals surface area contributed by atoms with Gasteiger partial charge in [0.1, 0.15) is 0 Å². The number of nitrogens with zero attached hydrogens (tertiary/aromatic N) is 1. The number of carboxylic acids is 1. The lowest BCUT2D eigenvalue weighted by Crippen LogP contribution is -2.46. The van der Waals surface area contributed by atoms with Gasteiger partial charge < -0.3 is 10.0 Å². The van der Waals surface area contributed by atoms with Crippen molar-refractivity contribution >= 4 is 11.9 Å². The van der Waals surface area contributed by atoms with Crippen LogP contribution in [0.15, 0.2) is 0 Å². The monoisotopic (exact) mass is 297 g/mol. The van der Waals surface area contributed by atoms with Crippen LogP contribution in [-0.4, -0.2) is 35.0 Å². The maximum Gasteiger partial charge on any atom is 0.309 e. The molecule has 21 heavy (non-hydrogen) atoms. The first-order chi connectivity index (χ1) is 10.1. The molecule has 0 unspecified atom stereocenters. The molecule has 1 rings (SSSR count). The van der Waals surface area contributed by atoms with Crippen molar-refractivity contribution in [3.05, 3.63) is 0 Å². The molecular formula is C17H31NO3. The summed E-state index contributed by atoms with van der Waals surface area (Å²) in [5, 5.41) is 9.35. The molecule has 0 aromatic heterocycles. The van der Waals surface area contributed by atoms with Gasteiger partial charge in [0.25, 0.3) is 0 Å². The van der Waals surface area contributed by atoms with E-state index in [9.17, 15) is 14.7 Å². The van der Waals surface area contributed by atoms with Gasteiger partial charge in [0.05, 0.1) is 5.41 Å². The average Bonchev–Trinajstić information content (AvgIpc) is 2.50. The molecule has 0 bridgehead atoms. The van der Waals surface area contributed by atoms with Crippen molar-refractivity contribution in [1.29, 1.82) is 0 Å². The van der Waals surface area contributed by atoms with Gasteiger partial charge in [0.2, 0.25) is 5.91 Å². The maximum atomic E-state index is 12.1. The van der Waals surface area contributed by atoms with Gasteiger partial charge in [-0.2, -0.15) is 0 Å². The third-order valence-corrected chi connectivity index (χ3v) is 4.95. The smallest absolute Gasteiger partial charge is 0.309 e. The third-order valence-electron chi connectivity index (χ3n) is 4.95. The molecule has 0 spiro atoms. The van der Waals surface area contributed by atoms with Crippen molar-refractivity contribution in [3.8, 4) is 0 Å². The van der Waals surface area contributed by atoms with Crippen LogP contribution in [0.3, 0.4) is 0 Å². The number of piperidine rings is 1. The Hall–Kier alpha value is -1.06. The number of amides is 1. The summed E-state index contributed by atoms with van der Waals surface area (Å²) < 4.78 is 0. The molecule has 4 nitrogen and oxygen atoms in total. The van der Waals surface area contributed by atoms with Gasteiger partial charge in [-0.25, -0.2) is 0 Å². The zero-order valence-electron chi connectivity index (χ0n) is 13.7. The predicted octanol–water partition coefficient (Wildman–Crippen LogP) is 3.84. The summed E-state index contributed by atoms with van der Waals surface area (Å²) >= 11 is 0. The summed E-state index contributed by atoms with van der Waals surface area (Å²) in [6, 6.07) is 0. The zero-order chi connectivity index (χ0) is 15.7. The first-order valence-corrected chi connectivity index (χ1v) is 8.57. The summed E-state index contributed by atoms with van der Waals surface area (Å²) in [6.45, 7) is 5.35. The summed E-state index contributed by atoms with van der Waals surface area (Å²) in [5.74, 6) is -0.492. The van der Waals surface area contributed by atoms with Crippen LogP contribution in [-0.2, 0) is 9.59 Å². The Bertz CT molecular complexity index is 333. The Morgan fingerprint density at radius 1 is 1.00 bits per heavy atom. The number of rotatable bonds is 9. The summed E-state index contributed by atoms with van der Waals surface area (Å²) in [7, 11) is 0. The number of aliphatic carboxylic acids is 1. The van der Waals surface area contributed by atoms with E-state index in [1.807, 2.05) is 11.8 Å². The quantitative estimate of drug-likeness (QED) is 0.658. The Morgan fingerprint density at radius 3 is 2.10 bits per heavy atom. The van der Waals surface area contributed by atoms with E-state index in [0.717, 1.165) is 12.8 Å². The number of hydrogen-bond acceptors (Lipinski definition) is 2. The lowest BCUT2D eigenvalue weighted by atomic mass is 9.76. The van der Waals surface area contributed by atoms with Gasteiger partial charge in [-0.1, -0.05) is 46.0 Å². The third kappa shape index (κ3) is 5.33. The molecule has 0 atom stereocenters. The average molecular weight is 297 g/mol. The second kappa shape index (κ2) is 9.06. The highest BCUT2D eigenvalue weighted by Gasteiger charge is 2.40. The first-order valence-electron chi connectivity index (χ1n) is 8.57. The molecule has 1 saturated heterocycles. The van der Waals surface area contributed by atoms with E-state index >= 15 is 0 Å². The second-order valence-corrected chi connectivity index (χ2v) is 6.34. The number of carboxylic acid groups (broad SMARTS) is 1. The van der Waals surface area contributed by atoms with Gasteiger partial charge >= 0.3 is 5.97 Å². The molecule has 1 amide bonds. The SMILES string of the molecule is CCCCCCCCC(=O)N1CCC(CC)(C(=O)O)CC1. The highest BCUT2D eigenvalue weighted by Crippen LogP contribution is 2.35. The van der Waals surface area contributed by atoms with Gasteiger partial charge in [-0.15, -0.1) is 0 Å². The summed E-state index contributed by atoms with van der Waals surface area (Å²) in [6.07, 6.45) is 9.60. The molecule has 1 aliphatic rings. The highest BCUT2D eigenvalue weighted by molar-refractivity contribution is 5.78. The van der Waals surface area contributed by atoms with E-state index in [4.69, 9.17) is 0 Å². The van der Waals surface area contributed by atoms with Crippen molar-refractivity contribution in [3.63, 3.8) is 0 Å². The van der Waals surface area contributed by atoms with Crippen molar-refractivity contribution in [2.24, 2.45) is 5.41 Å². The lowest BCUT2D eigenvalue weighted by Gasteiger charge is -2.38. The molecule has 0 aliphatic carbocycles. The molecule has 1 fully saturated rings. The fraction of sp³-hybridized carbons (Fsp3) is 0.882. The largest absolute Gasteiger partial charge is 0.481 e. The maximum absolute atomic E-state index is 12.1. The van der Waals surface area contributed by atoms with Crippen LogP contribution in [0.2, 0.25) is 0 Å². The highest BCUT2D eigenvalue weighted by atomic mass is 16.4. The number of unbranched alkanes of at least 4 members (excludes halogenated alkanes) is 5. The summed E-state index contributed by atoms with van der Waals surface area (Å²) in [5.41, 5.74) is -0.600. The van der Waals surface area contributed by atoms with Gasteiger partial charge in [-0.3, -0.25) is 9.59 Å². The van der Waals surface area contributed by atoms with Crippen molar-refractivity contribution < 1.29 is 14.7 Å². The second-order valence-electron chi connectivity index (χ2n) is 6.34. The Morgan fingerprint density at radius 2 is 1.57 bits per heavy atom. The van der Waals surface area contributed by atoms with E-state index in [1.165, 1.54) is 25.7 Å². The molecule has 0 aromatic rings. The van der Waals surface area contributed by atoms with Crippen LogP contribution < -0.4 is 0 Å². The van der Waals surface area contributed by atoms with Crippen LogP contribution in [0.5, 0.6) is 0 Å². The van der Waals surface area contributed by atoms with E-state index in [1.54, 1.807) is 0 Å². The lowest BCUT2D eigenvalue weighted by molar-refractivity contribution is -0.154. The van der Waals surface area contributed by atoms with Gasteiger partial charge in [0.15, 0.2) is 0 Å². The van der Waals surface area contributed by atoms with Crippen molar-refractivity contribution in [2.75, 3.05) is 13.1 Å². The minimum atomic E-state index is -0.701. The Balaban J connectivity index is 2.24. The molecule has 0 aromatic carbocycles. The molecule has 0 saturated carbocycles. The molecular weight excluding hydrogens is 266 g/mol. The standard InChI is InChI=1S/C17H31NO3/c1-3-5-6-7-8-9-10-15(19)18-13-11-17(4-2,12-14-18)16(20)21/h3-14H2,1-2H3,(H,20,21). The molecule has 0 radical (unpaired) electrons. The Kier molecular flexibility index (Phi) is 7.76. The van der Waals surface area contributed by atoms with Gasteiger partial charge in [0, 0.05) is 19.5 Å². The van der Waals surface area contributed by atoms with E-state index < -0.39 is 11.4 Å². The van der Waals surface area contributed by atoms with Crippen LogP contribution >= 0.6 is 0 Å². The van der Waals surface area contributed by atoms with Gasteiger partial charge in [-0.05, 0) is 25.7 Å².